The smallest absolute Gasteiger partial charge is 0.269 e. The minimum Gasteiger partial charge on any atom is -0.357 e. The van der Waals surface area contributed by atoms with Crippen LogP contribution in [-0.4, -0.2) is 16.9 Å². The molecule has 1 unspecified atom stereocenters. The molecule has 5 heteroatoms. The summed E-state index contributed by atoms with van der Waals surface area (Å²) in [4.78, 5) is 24.8. The second-order valence-corrected chi connectivity index (χ2v) is 5.66. The number of fused-ring (bicyclic) bond motifs is 1. The predicted molar refractivity (Wildman–Crippen MR) is 84.7 cm³/mol. The van der Waals surface area contributed by atoms with E-state index in [1.165, 1.54) is 11.5 Å². The van der Waals surface area contributed by atoms with Crippen LogP contribution in [0.2, 0.25) is 0 Å². The molecule has 0 aliphatic carbocycles. The van der Waals surface area contributed by atoms with Gasteiger partial charge in [-0.3, -0.25) is 9.59 Å². The molecule has 0 bridgehead atoms. The molecule has 0 radical (unpaired) electrons. The second-order valence-electron chi connectivity index (χ2n) is 4.65. The van der Waals surface area contributed by atoms with Gasteiger partial charge in [0.25, 0.3) is 5.56 Å². The van der Waals surface area contributed by atoms with Gasteiger partial charge in [-0.25, -0.2) is 3.96 Å². The number of nitrogens with zero attached hydrogens (tertiary/aromatic N) is 1. The van der Waals surface area contributed by atoms with Crippen LogP contribution in [0.25, 0.3) is 10.1 Å². The molecule has 1 N–H and O–H groups in total. The van der Waals surface area contributed by atoms with Gasteiger partial charge in [0.2, 0.25) is 5.91 Å². The lowest BCUT2D eigenvalue weighted by atomic mass is 10.1. The van der Waals surface area contributed by atoms with Gasteiger partial charge in [0, 0.05) is 7.05 Å². The lowest BCUT2D eigenvalue weighted by Gasteiger charge is -2.15. The normalized spacial score (nSPS) is 12.2. The van der Waals surface area contributed by atoms with Crippen LogP contribution >= 0.6 is 11.5 Å². The zero-order chi connectivity index (χ0) is 14.8. The molecule has 0 fully saturated rings. The van der Waals surface area contributed by atoms with Gasteiger partial charge in [0.05, 0.1) is 10.1 Å². The molecule has 3 aromatic rings. The number of hydrogen-bond acceptors (Lipinski definition) is 3. The number of aromatic nitrogens is 1. The number of nitrogens with one attached hydrogen (secondary N) is 1. The van der Waals surface area contributed by atoms with Crippen LogP contribution in [0.5, 0.6) is 0 Å². The third kappa shape index (κ3) is 2.36. The van der Waals surface area contributed by atoms with Crippen LogP contribution in [0.1, 0.15) is 11.6 Å². The number of hydrogen-bond donors (Lipinski definition) is 1. The molecule has 1 heterocycles. The van der Waals surface area contributed by atoms with Gasteiger partial charge in [-0.05, 0) is 17.7 Å². The monoisotopic (exact) mass is 298 g/mol. The molecular formula is C16H14N2O2S. The molecule has 3 rings (SSSR count). The van der Waals surface area contributed by atoms with Crippen LogP contribution in [0.15, 0.2) is 59.4 Å². The Hall–Kier alpha value is -2.40. The average Bonchev–Trinajstić information content (AvgIpc) is 2.86. The topological polar surface area (TPSA) is 51.1 Å². The number of rotatable bonds is 3. The highest BCUT2D eigenvalue weighted by Crippen LogP contribution is 2.24. The van der Waals surface area contributed by atoms with Crippen molar-refractivity contribution in [2.75, 3.05) is 7.05 Å². The van der Waals surface area contributed by atoms with E-state index in [-0.39, 0.29) is 11.5 Å². The standard InChI is InChI=1S/C16H14N2O2S/c1-17-15(19)14(11-7-3-2-4-8-11)18-16(20)12-9-5-6-10-13(12)21-18/h2-10,14H,1H3,(H,17,19). The van der Waals surface area contributed by atoms with Gasteiger partial charge in [-0.2, -0.15) is 0 Å². The van der Waals surface area contributed by atoms with E-state index in [0.29, 0.717) is 5.39 Å². The van der Waals surface area contributed by atoms with Gasteiger partial charge >= 0.3 is 0 Å². The maximum absolute atomic E-state index is 12.6. The van der Waals surface area contributed by atoms with Crippen molar-refractivity contribution in [1.29, 1.82) is 0 Å². The summed E-state index contributed by atoms with van der Waals surface area (Å²) in [6.07, 6.45) is 0. The van der Waals surface area contributed by atoms with E-state index in [2.05, 4.69) is 5.32 Å². The van der Waals surface area contributed by atoms with Crippen molar-refractivity contribution in [3.05, 3.63) is 70.5 Å². The Morgan fingerprint density at radius 2 is 1.76 bits per heavy atom. The minimum absolute atomic E-state index is 0.131. The summed E-state index contributed by atoms with van der Waals surface area (Å²) in [5.74, 6) is -0.199. The molecule has 1 aromatic heterocycles. The van der Waals surface area contributed by atoms with Crippen LogP contribution in [0.3, 0.4) is 0 Å². The van der Waals surface area contributed by atoms with Gasteiger partial charge < -0.3 is 5.32 Å². The summed E-state index contributed by atoms with van der Waals surface area (Å²) < 4.78 is 2.42. The fraction of sp³-hybridized carbons (Fsp3) is 0.125. The van der Waals surface area contributed by atoms with Gasteiger partial charge in [0.15, 0.2) is 6.04 Å². The van der Waals surface area contributed by atoms with Crippen molar-refractivity contribution in [2.45, 2.75) is 6.04 Å². The third-order valence-corrected chi connectivity index (χ3v) is 4.48. The molecule has 0 aliphatic heterocycles. The van der Waals surface area contributed by atoms with E-state index >= 15 is 0 Å². The quantitative estimate of drug-likeness (QED) is 0.807. The molecule has 1 atom stereocenters. The minimum atomic E-state index is -0.638. The SMILES string of the molecule is CNC(=O)C(c1ccccc1)n1sc2ccccc2c1=O. The van der Waals surface area contributed by atoms with Crippen LogP contribution in [0.4, 0.5) is 0 Å². The average molecular weight is 298 g/mol. The van der Waals surface area contributed by atoms with Crippen molar-refractivity contribution in [3.63, 3.8) is 0 Å². The van der Waals surface area contributed by atoms with Crippen molar-refractivity contribution in [2.24, 2.45) is 0 Å². The summed E-state index contributed by atoms with van der Waals surface area (Å²) in [7, 11) is 1.58. The fourth-order valence-corrected chi connectivity index (χ4v) is 3.43. The first-order valence-corrected chi connectivity index (χ1v) is 7.37. The zero-order valence-electron chi connectivity index (χ0n) is 11.4. The molecular weight excluding hydrogens is 284 g/mol. The van der Waals surface area contributed by atoms with Crippen LogP contribution < -0.4 is 10.9 Å². The molecule has 106 valence electrons. The molecule has 4 nitrogen and oxygen atoms in total. The van der Waals surface area contributed by atoms with Crippen LogP contribution in [-0.2, 0) is 4.79 Å². The van der Waals surface area contributed by atoms with E-state index in [4.69, 9.17) is 0 Å². The first-order valence-electron chi connectivity index (χ1n) is 6.59. The second kappa shape index (κ2) is 5.54. The van der Waals surface area contributed by atoms with E-state index in [0.717, 1.165) is 10.3 Å². The van der Waals surface area contributed by atoms with Gasteiger partial charge in [0.1, 0.15) is 0 Å². The summed E-state index contributed by atoms with van der Waals surface area (Å²) in [6, 6.07) is 16.1. The summed E-state index contributed by atoms with van der Waals surface area (Å²) in [5.41, 5.74) is 0.665. The number of carbonyl (C=O) groups excluding carboxylic acids is 1. The van der Waals surface area contributed by atoms with Crippen molar-refractivity contribution in [1.82, 2.24) is 9.27 Å². The van der Waals surface area contributed by atoms with Crippen molar-refractivity contribution < 1.29 is 4.79 Å². The van der Waals surface area contributed by atoms with Crippen molar-refractivity contribution in [3.8, 4) is 0 Å². The predicted octanol–water partition coefficient (Wildman–Crippen LogP) is 2.40. The van der Waals surface area contributed by atoms with E-state index in [1.54, 1.807) is 17.1 Å². The highest BCUT2D eigenvalue weighted by molar-refractivity contribution is 7.14. The Kier molecular flexibility index (Phi) is 3.58. The van der Waals surface area contributed by atoms with E-state index in [9.17, 15) is 9.59 Å². The summed E-state index contributed by atoms with van der Waals surface area (Å²) in [5, 5.41) is 3.29. The van der Waals surface area contributed by atoms with Crippen LogP contribution in [0, 0.1) is 0 Å². The summed E-state index contributed by atoms with van der Waals surface area (Å²) in [6.45, 7) is 0. The van der Waals surface area contributed by atoms with E-state index < -0.39 is 6.04 Å². The molecule has 0 saturated heterocycles. The molecule has 0 spiro atoms. The number of likely N-dealkylation sites (N-methyl/N-ethyl adjacent to an activating group) is 1. The number of carbonyl (C=O) groups is 1. The Bertz CT molecular complexity index is 836. The number of amides is 1. The first kappa shape index (κ1) is 13.6. The van der Waals surface area contributed by atoms with Gasteiger partial charge in [-0.15, -0.1) is 0 Å². The molecule has 0 saturated carbocycles. The largest absolute Gasteiger partial charge is 0.357 e. The van der Waals surface area contributed by atoms with Gasteiger partial charge in [-0.1, -0.05) is 54.0 Å². The maximum atomic E-state index is 12.6. The highest BCUT2D eigenvalue weighted by Gasteiger charge is 2.24. The fourth-order valence-electron chi connectivity index (χ4n) is 2.32. The molecule has 2 aromatic carbocycles. The Labute approximate surface area is 125 Å². The number of benzene rings is 2. The highest BCUT2D eigenvalue weighted by atomic mass is 32.1. The Morgan fingerprint density at radius 1 is 1.10 bits per heavy atom. The lowest BCUT2D eigenvalue weighted by molar-refractivity contribution is -0.122. The first-order chi connectivity index (χ1) is 10.2. The van der Waals surface area contributed by atoms with E-state index in [1.807, 2.05) is 48.5 Å². The lowest BCUT2D eigenvalue weighted by Crippen LogP contribution is -2.33. The Balaban J connectivity index is 2.22. The molecule has 0 aliphatic rings. The molecule has 1 amide bonds. The van der Waals surface area contributed by atoms with Crippen molar-refractivity contribution >= 4 is 27.5 Å². The summed E-state index contributed by atoms with van der Waals surface area (Å²) >= 11 is 1.31. The third-order valence-electron chi connectivity index (χ3n) is 3.36. The Morgan fingerprint density at radius 3 is 2.43 bits per heavy atom. The zero-order valence-corrected chi connectivity index (χ0v) is 12.3. The molecule has 21 heavy (non-hydrogen) atoms. The maximum Gasteiger partial charge on any atom is 0.269 e.